The van der Waals surface area contributed by atoms with Gasteiger partial charge in [0.15, 0.2) is 0 Å². The Morgan fingerprint density at radius 2 is 1.73 bits per heavy atom. The van der Waals surface area contributed by atoms with E-state index in [1.165, 1.54) is 4.90 Å². The van der Waals surface area contributed by atoms with Crippen molar-refractivity contribution in [1.82, 2.24) is 10.2 Å². The molecular formula is C27H39N3O6S. The van der Waals surface area contributed by atoms with E-state index in [1.54, 1.807) is 43.5 Å². The Bertz CT molecular complexity index is 1120. The van der Waals surface area contributed by atoms with Crippen LogP contribution < -0.4 is 19.1 Å². The average Bonchev–Trinajstić information content (AvgIpc) is 2.87. The summed E-state index contributed by atoms with van der Waals surface area (Å²) in [4.78, 5) is 28.3. The van der Waals surface area contributed by atoms with Crippen LogP contribution in [0.25, 0.3) is 0 Å². The van der Waals surface area contributed by atoms with Crippen LogP contribution in [0.3, 0.4) is 0 Å². The number of ether oxygens (including phenoxy) is 2. The number of hydrogen-bond donors (Lipinski definition) is 1. The van der Waals surface area contributed by atoms with Gasteiger partial charge in [-0.05, 0) is 61.7 Å². The van der Waals surface area contributed by atoms with Crippen LogP contribution in [-0.2, 0) is 26.2 Å². The van der Waals surface area contributed by atoms with Crippen LogP contribution in [0.2, 0.25) is 0 Å². The van der Waals surface area contributed by atoms with Crippen molar-refractivity contribution in [2.24, 2.45) is 0 Å². The summed E-state index contributed by atoms with van der Waals surface area (Å²) < 4.78 is 37.2. The third-order valence-corrected chi connectivity index (χ3v) is 6.96. The molecule has 0 aromatic heterocycles. The lowest BCUT2D eigenvalue weighted by atomic mass is 10.1. The first-order valence-electron chi connectivity index (χ1n) is 12.5. The monoisotopic (exact) mass is 533 g/mol. The zero-order chi connectivity index (χ0) is 27.4. The summed E-state index contributed by atoms with van der Waals surface area (Å²) >= 11 is 0. The molecule has 0 aliphatic rings. The van der Waals surface area contributed by atoms with Crippen molar-refractivity contribution in [3.05, 3.63) is 54.1 Å². The molecule has 0 aliphatic heterocycles. The van der Waals surface area contributed by atoms with Gasteiger partial charge < -0.3 is 19.7 Å². The van der Waals surface area contributed by atoms with Crippen molar-refractivity contribution in [1.29, 1.82) is 0 Å². The third kappa shape index (κ3) is 8.96. The maximum absolute atomic E-state index is 13.7. The number of unbranched alkanes of at least 4 members (excludes halogenated alkanes) is 1. The van der Waals surface area contributed by atoms with Crippen LogP contribution in [0.5, 0.6) is 11.5 Å². The third-order valence-electron chi connectivity index (χ3n) is 5.82. The first kappa shape index (κ1) is 30.0. The van der Waals surface area contributed by atoms with Crippen LogP contribution in [0.1, 0.15) is 45.6 Å². The Balaban J connectivity index is 2.40. The number of sulfonamides is 1. The Labute approximate surface area is 220 Å². The van der Waals surface area contributed by atoms with Crippen LogP contribution in [0.15, 0.2) is 48.5 Å². The topological polar surface area (TPSA) is 105 Å². The number of nitrogens with zero attached hydrogens (tertiary/aromatic N) is 2. The highest BCUT2D eigenvalue weighted by Crippen LogP contribution is 2.23. The van der Waals surface area contributed by atoms with E-state index in [1.807, 2.05) is 32.9 Å². The highest BCUT2D eigenvalue weighted by molar-refractivity contribution is 7.92. The second-order valence-corrected chi connectivity index (χ2v) is 10.5. The van der Waals surface area contributed by atoms with Gasteiger partial charge >= 0.3 is 0 Å². The van der Waals surface area contributed by atoms with Crippen molar-refractivity contribution >= 4 is 27.5 Å². The molecule has 9 nitrogen and oxygen atoms in total. The number of methoxy groups -OCH3 is 1. The number of hydrogen-bond acceptors (Lipinski definition) is 6. The summed E-state index contributed by atoms with van der Waals surface area (Å²) in [6.07, 6.45) is 3.17. The molecule has 2 aromatic carbocycles. The van der Waals surface area contributed by atoms with Gasteiger partial charge in [0.2, 0.25) is 21.8 Å². The highest BCUT2D eigenvalue weighted by Gasteiger charge is 2.31. The normalized spacial score (nSPS) is 11.9. The first-order valence-corrected chi connectivity index (χ1v) is 14.4. The molecule has 0 spiro atoms. The number of benzene rings is 2. The molecule has 0 unspecified atom stereocenters. The summed E-state index contributed by atoms with van der Waals surface area (Å²) in [5.41, 5.74) is 1.10. The molecule has 0 fully saturated rings. The maximum Gasteiger partial charge on any atom is 0.244 e. The second-order valence-electron chi connectivity index (χ2n) is 8.64. The Morgan fingerprint density at radius 1 is 1.03 bits per heavy atom. The molecule has 0 saturated carbocycles. The van der Waals surface area contributed by atoms with E-state index in [9.17, 15) is 18.0 Å². The molecule has 37 heavy (non-hydrogen) atoms. The van der Waals surface area contributed by atoms with E-state index < -0.39 is 28.5 Å². The van der Waals surface area contributed by atoms with Gasteiger partial charge in [-0.25, -0.2) is 8.42 Å². The second kappa shape index (κ2) is 14.5. The van der Waals surface area contributed by atoms with Crippen molar-refractivity contribution in [3.63, 3.8) is 0 Å². The fraction of sp³-hybridized carbons (Fsp3) is 0.481. The van der Waals surface area contributed by atoms with Crippen molar-refractivity contribution in [2.45, 2.75) is 52.6 Å². The molecule has 204 valence electrons. The lowest BCUT2D eigenvalue weighted by molar-refractivity contribution is -0.140. The van der Waals surface area contributed by atoms with E-state index in [0.29, 0.717) is 36.8 Å². The number of nitrogens with one attached hydrogen (secondary N) is 1. The van der Waals surface area contributed by atoms with Crippen LogP contribution >= 0.6 is 0 Å². The summed E-state index contributed by atoms with van der Waals surface area (Å²) in [6, 6.07) is 13.0. The molecular weight excluding hydrogens is 494 g/mol. The standard InChI is InChI=1S/C27H39N3O6S/c1-6-9-17-28-27(32)25(7-2)29(19-21-11-10-12-24(18-21)35-4)26(31)20-30(37(5,33)34)22-13-15-23(16-14-22)36-8-3/h10-16,18,25H,6-9,17,19-20H2,1-5H3,(H,28,32)/t25-/m1/s1. The largest absolute Gasteiger partial charge is 0.497 e. The van der Waals surface area contributed by atoms with Crippen molar-refractivity contribution in [3.8, 4) is 11.5 Å². The molecule has 0 radical (unpaired) electrons. The molecule has 0 heterocycles. The van der Waals surface area contributed by atoms with E-state index >= 15 is 0 Å². The fourth-order valence-corrected chi connectivity index (χ4v) is 4.73. The van der Waals surface area contributed by atoms with Gasteiger partial charge in [0.1, 0.15) is 24.1 Å². The summed E-state index contributed by atoms with van der Waals surface area (Å²) in [5.74, 6) is 0.469. The average molecular weight is 534 g/mol. The smallest absolute Gasteiger partial charge is 0.244 e. The maximum atomic E-state index is 13.7. The minimum absolute atomic E-state index is 0.122. The molecule has 2 rings (SSSR count). The quantitative estimate of drug-likeness (QED) is 0.351. The molecule has 0 bridgehead atoms. The van der Waals surface area contributed by atoms with Gasteiger partial charge in [-0.15, -0.1) is 0 Å². The molecule has 1 N–H and O–H groups in total. The van der Waals surface area contributed by atoms with Crippen LogP contribution in [0.4, 0.5) is 5.69 Å². The number of rotatable bonds is 15. The van der Waals surface area contributed by atoms with Gasteiger partial charge in [-0.3, -0.25) is 13.9 Å². The molecule has 1 atom stereocenters. The van der Waals surface area contributed by atoms with E-state index in [-0.39, 0.29) is 12.5 Å². The molecule has 2 amide bonds. The number of carbonyl (C=O) groups excluding carboxylic acids is 2. The van der Waals surface area contributed by atoms with Gasteiger partial charge in [0.25, 0.3) is 0 Å². The van der Waals surface area contributed by atoms with Crippen LogP contribution in [-0.4, -0.2) is 64.2 Å². The lowest BCUT2D eigenvalue weighted by Crippen LogP contribution is -2.52. The Hall–Kier alpha value is -3.27. The Morgan fingerprint density at radius 3 is 2.30 bits per heavy atom. The predicted octanol–water partition coefficient (Wildman–Crippen LogP) is 3.58. The molecule has 0 saturated heterocycles. The number of carbonyl (C=O) groups is 2. The van der Waals surface area contributed by atoms with Crippen molar-refractivity contribution < 1.29 is 27.5 Å². The fourth-order valence-electron chi connectivity index (χ4n) is 3.88. The van der Waals surface area contributed by atoms with E-state index in [0.717, 1.165) is 29.0 Å². The number of anilines is 1. The molecule has 10 heteroatoms. The minimum Gasteiger partial charge on any atom is -0.497 e. The van der Waals surface area contributed by atoms with Gasteiger partial charge in [0.05, 0.1) is 25.7 Å². The van der Waals surface area contributed by atoms with Crippen molar-refractivity contribution in [2.75, 3.05) is 37.4 Å². The van der Waals surface area contributed by atoms with E-state index in [2.05, 4.69) is 5.32 Å². The SMILES string of the molecule is CCCCNC(=O)[C@@H](CC)N(Cc1cccc(OC)c1)C(=O)CN(c1ccc(OCC)cc1)S(C)(=O)=O. The molecule has 2 aromatic rings. The summed E-state index contributed by atoms with van der Waals surface area (Å²) in [5, 5.41) is 2.91. The summed E-state index contributed by atoms with van der Waals surface area (Å²) in [6.45, 7) is 6.38. The van der Waals surface area contributed by atoms with Crippen LogP contribution in [0, 0.1) is 0 Å². The zero-order valence-electron chi connectivity index (χ0n) is 22.4. The number of amides is 2. The van der Waals surface area contributed by atoms with Gasteiger partial charge in [-0.2, -0.15) is 0 Å². The lowest BCUT2D eigenvalue weighted by Gasteiger charge is -2.33. The van der Waals surface area contributed by atoms with E-state index in [4.69, 9.17) is 9.47 Å². The minimum atomic E-state index is -3.80. The summed E-state index contributed by atoms with van der Waals surface area (Å²) in [7, 11) is -2.25. The Kier molecular flexibility index (Phi) is 11.7. The highest BCUT2D eigenvalue weighted by atomic mass is 32.2. The zero-order valence-corrected chi connectivity index (χ0v) is 23.2. The van der Waals surface area contributed by atoms with Gasteiger partial charge in [0, 0.05) is 13.1 Å². The molecule has 0 aliphatic carbocycles. The predicted molar refractivity (Wildman–Crippen MR) is 145 cm³/mol. The first-order chi connectivity index (χ1) is 17.6. The van der Waals surface area contributed by atoms with Gasteiger partial charge in [-0.1, -0.05) is 32.4 Å².